The fourth-order valence-corrected chi connectivity index (χ4v) is 3.72. The number of nitrogens with one attached hydrogen (secondary N) is 1. The average molecular weight is 382 g/mol. The second-order valence-electron chi connectivity index (χ2n) is 6.38. The van der Waals surface area contributed by atoms with Gasteiger partial charge in [-0.2, -0.15) is 21.4 Å². The van der Waals surface area contributed by atoms with Crippen LogP contribution in [0.15, 0.2) is 41.5 Å². The van der Waals surface area contributed by atoms with Gasteiger partial charge in [-0.1, -0.05) is 0 Å². The molecule has 1 fully saturated rings. The number of aryl methyl sites for hydroxylation is 1. The first-order chi connectivity index (χ1) is 13.3. The zero-order valence-electron chi connectivity index (χ0n) is 14.7. The molecule has 0 aliphatic carbocycles. The van der Waals surface area contributed by atoms with Gasteiger partial charge in [-0.15, -0.1) is 0 Å². The van der Waals surface area contributed by atoms with Gasteiger partial charge in [0, 0.05) is 31.2 Å². The molecule has 0 unspecified atom stereocenters. The summed E-state index contributed by atoms with van der Waals surface area (Å²) in [5, 5.41) is 11.5. The third kappa shape index (κ3) is 3.15. The summed E-state index contributed by atoms with van der Waals surface area (Å²) in [6, 6.07) is 3.95. The van der Waals surface area contributed by atoms with Crippen LogP contribution in [-0.4, -0.2) is 43.6 Å². The zero-order valence-corrected chi connectivity index (χ0v) is 15.5. The Morgan fingerprint density at radius 3 is 3.04 bits per heavy atom. The van der Waals surface area contributed by atoms with E-state index in [1.54, 1.807) is 22.2 Å². The van der Waals surface area contributed by atoms with Crippen LogP contribution < -0.4 is 10.1 Å². The molecule has 1 saturated heterocycles. The van der Waals surface area contributed by atoms with Crippen LogP contribution >= 0.6 is 11.3 Å². The minimum absolute atomic E-state index is 0.00524. The van der Waals surface area contributed by atoms with Gasteiger partial charge in [-0.3, -0.25) is 4.68 Å². The number of nitrogens with zero attached hydrogens (tertiary/aromatic N) is 5. The first kappa shape index (κ1) is 16.3. The van der Waals surface area contributed by atoms with Gasteiger partial charge in [-0.05, 0) is 17.5 Å². The minimum Gasteiger partial charge on any atom is -0.470 e. The van der Waals surface area contributed by atoms with E-state index in [1.807, 2.05) is 46.9 Å². The van der Waals surface area contributed by atoms with E-state index in [4.69, 9.17) is 9.47 Å². The van der Waals surface area contributed by atoms with E-state index in [0.717, 1.165) is 28.8 Å². The maximum absolute atomic E-state index is 6.21. The Bertz CT molecular complexity index is 1070. The molecule has 9 heteroatoms. The summed E-state index contributed by atoms with van der Waals surface area (Å²) in [6.45, 7) is 1.29. The number of anilines is 2. The first-order valence-electron chi connectivity index (χ1n) is 8.68. The normalized spacial score (nSPS) is 16.9. The summed E-state index contributed by atoms with van der Waals surface area (Å²) in [6.07, 6.45) is 6.56. The molecule has 0 aromatic carbocycles. The van der Waals surface area contributed by atoms with E-state index >= 15 is 0 Å². The van der Waals surface area contributed by atoms with Gasteiger partial charge in [0.25, 0.3) is 0 Å². The van der Waals surface area contributed by atoms with E-state index in [1.165, 1.54) is 0 Å². The van der Waals surface area contributed by atoms with E-state index in [9.17, 15) is 0 Å². The highest BCUT2D eigenvalue weighted by molar-refractivity contribution is 7.08. The van der Waals surface area contributed by atoms with E-state index < -0.39 is 0 Å². The van der Waals surface area contributed by atoms with Crippen LogP contribution in [0.2, 0.25) is 0 Å². The van der Waals surface area contributed by atoms with Crippen molar-refractivity contribution in [2.24, 2.45) is 7.05 Å². The molecule has 1 aliphatic rings. The van der Waals surface area contributed by atoms with Crippen LogP contribution in [0.5, 0.6) is 5.88 Å². The van der Waals surface area contributed by atoms with E-state index in [0.29, 0.717) is 25.0 Å². The van der Waals surface area contributed by atoms with Crippen molar-refractivity contribution in [2.75, 3.05) is 18.5 Å². The molecule has 1 N–H and O–H groups in total. The number of ether oxygens (including phenoxy) is 2. The molecule has 5 rings (SSSR count). The molecular weight excluding hydrogens is 364 g/mol. The topological polar surface area (TPSA) is 79.0 Å². The Morgan fingerprint density at radius 2 is 2.30 bits per heavy atom. The van der Waals surface area contributed by atoms with E-state index in [2.05, 4.69) is 20.4 Å². The Morgan fingerprint density at radius 1 is 1.33 bits per heavy atom. The van der Waals surface area contributed by atoms with Crippen molar-refractivity contribution < 1.29 is 9.47 Å². The number of aromatic nitrogens is 5. The summed E-state index contributed by atoms with van der Waals surface area (Å²) < 4.78 is 15.4. The molecule has 4 aromatic rings. The highest BCUT2D eigenvalue weighted by Gasteiger charge is 2.22. The van der Waals surface area contributed by atoms with Gasteiger partial charge in [-0.25, -0.2) is 4.98 Å². The second kappa shape index (κ2) is 6.67. The monoisotopic (exact) mass is 382 g/mol. The Labute approximate surface area is 159 Å². The second-order valence-corrected chi connectivity index (χ2v) is 7.16. The molecule has 8 nitrogen and oxygen atoms in total. The lowest BCUT2D eigenvalue weighted by molar-refractivity contribution is 0.139. The minimum atomic E-state index is -0.00524. The first-order valence-corrected chi connectivity index (χ1v) is 9.62. The third-order valence-corrected chi connectivity index (χ3v) is 5.10. The van der Waals surface area contributed by atoms with Crippen molar-refractivity contribution in [1.29, 1.82) is 0 Å². The molecule has 138 valence electrons. The maximum atomic E-state index is 6.21. The number of fused-ring (bicyclic) bond motifs is 1. The summed E-state index contributed by atoms with van der Waals surface area (Å²) in [7, 11) is 1.89. The number of hydrogen-bond donors (Lipinski definition) is 1. The molecule has 0 amide bonds. The largest absolute Gasteiger partial charge is 0.470 e. The molecule has 1 aliphatic heterocycles. The molecule has 0 radical (unpaired) electrons. The maximum Gasteiger partial charge on any atom is 0.244 e. The third-order valence-electron chi connectivity index (χ3n) is 4.41. The zero-order chi connectivity index (χ0) is 18.2. The summed E-state index contributed by atoms with van der Waals surface area (Å²) in [4.78, 5) is 9.32. The molecule has 0 saturated carbocycles. The summed E-state index contributed by atoms with van der Waals surface area (Å²) in [5.74, 6) is 1.06. The molecular formula is C18H18N6O2S. The molecule has 0 bridgehead atoms. The number of rotatable bonds is 5. The number of thiophene rings is 1. The van der Waals surface area contributed by atoms with Crippen LogP contribution in [0.25, 0.3) is 16.7 Å². The fraction of sp³-hybridized carbons (Fsp3) is 0.278. The van der Waals surface area contributed by atoms with Gasteiger partial charge in [0.05, 0.1) is 36.3 Å². The van der Waals surface area contributed by atoms with Crippen molar-refractivity contribution in [3.05, 3.63) is 41.5 Å². The standard InChI is InChI=1S/C18H18N6O2S/c1-23-9-13(8-19-23)24-5-2-15-16(24)17(26-14-3-6-25-10-14)22-18(21-15)20-12-4-7-27-11-12/h2,4-5,7-9,11,14H,3,6,10H2,1H3,(H,20,21,22)/t14-/m0/s1. The van der Waals surface area contributed by atoms with Gasteiger partial charge in [0.1, 0.15) is 11.6 Å². The predicted molar refractivity (Wildman–Crippen MR) is 103 cm³/mol. The van der Waals surface area contributed by atoms with Crippen LogP contribution in [0.1, 0.15) is 6.42 Å². The summed E-state index contributed by atoms with van der Waals surface area (Å²) >= 11 is 1.62. The van der Waals surface area contributed by atoms with Gasteiger partial charge >= 0.3 is 0 Å². The molecule has 5 heterocycles. The van der Waals surface area contributed by atoms with Crippen LogP contribution in [-0.2, 0) is 11.8 Å². The molecule has 1 atom stereocenters. The van der Waals surface area contributed by atoms with Crippen molar-refractivity contribution in [3.8, 4) is 11.6 Å². The highest BCUT2D eigenvalue weighted by Crippen LogP contribution is 2.30. The smallest absolute Gasteiger partial charge is 0.244 e. The molecule has 0 spiro atoms. The van der Waals surface area contributed by atoms with Crippen molar-refractivity contribution >= 4 is 34.0 Å². The summed E-state index contributed by atoms with van der Waals surface area (Å²) in [5.41, 5.74) is 3.52. The SMILES string of the molecule is Cn1cc(-n2ccc3nc(Nc4ccsc4)nc(O[C@H]4CCOC4)c32)cn1. The Hall–Kier alpha value is -2.91. The van der Waals surface area contributed by atoms with Gasteiger partial charge in [0.2, 0.25) is 11.8 Å². The predicted octanol–water partition coefficient (Wildman–Crippen LogP) is 3.13. The lowest BCUT2D eigenvalue weighted by Gasteiger charge is -2.14. The number of hydrogen-bond acceptors (Lipinski definition) is 7. The van der Waals surface area contributed by atoms with Gasteiger partial charge in [0.15, 0.2) is 0 Å². The Kier molecular flexibility index (Phi) is 4.02. The van der Waals surface area contributed by atoms with Crippen LogP contribution in [0, 0.1) is 0 Å². The van der Waals surface area contributed by atoms with E-state index in [-0.39, 0.29) is 6.10 Å². The fourth-order valence-electron chi connectivity index (χ4n) is 3.13. The molecule has 4 aromatic heterocycles. The van der Waals surface area contributed by atoms with Crippen molar-refractivity contribution in [2.45, 2.75) is 12.5 Å². The quantitative estimate of drug-likeness (QED) is 0.571. The average Bonchev–Trinajstić information content (AvgIpc) is 3.41. The lowest BCUT2D eigenvalue weighted by Crippen LogP contribution is -2.17. The van der Waals surface area contributed by atoms with Crippen molar-refractivity contribution in [1.82, 2.24) is 24.3 Å². The van der Waals surface area contributed by atoms with Crippen molar-refractivity contribution in [3.63, 3.8) is 0 Å². The Balaban J connectivity index is 1.61. The van der Waals surface area contributed by atoms with Crippen LogP contribution in [0.4, 0.5) is 11.6 Å². The highest BCUT2D eigenvalue weighted by atomic mass is 32.1. The van der Waals surface area contributed by atoms with Crippen LogP contribution in [0.3, 0.4) is 0 Å². The van der Waals surface area contributed by atoms with Gasteiger partial charge < -0.3 is 19.4 Å². The molecule has 27 heavy (non-hydrogen) atoms. The lowest BCUT2D eigenvalue weighted by atomic mass is 10.3.